The molecule has 0 atom stereocenters. The van der Waals surface area contributed by atoms with E-state index < -0.39 is 0 Å². The van der Waals surface area contributed by atoms with Gasteiger partial charge in [-0.2, -0.15) is 15.8 Å². The van der Waals surface area contributed by atoms with Gasteiger partial charge in [0.05, 0.1) is 34.9 Å². The molecule has 19 aromatic carbocycles. The molecule has 0 radical (unpaired) electrons. The SMILES string of the molecule is N#Cc1ccc(-c2ccc(-c3ccc4ccccc4c3-c3ccc(-c4nc(-c5ccccc5)nc(-c5ccccc5)n4)cc3)cc2)cc1.N#Cc1ccc(-c2ccc3ccccc3c2-c2ccc(-c3nc(-c4ccccc4)nc(-c4ccccc4)n3)cc2)cc1.N#Cc1ccc(-c2ccc3ccccc3c2-c2cccc(-c3nc(-c4ccccc4)nc(-c4ccccc4)n3)c2)cc1. The topological polar surface area (TPSA) is 187 Å². The molecular weight excluding hydrogens is 1610 g/mol. The summed E-state index contributed by atoms with van der Waals surface area (Å²) in [6.07, 6.45) is 0. The van der Waals surface area contributed by atoms with Crippen LogP contribution in [0.25, 0.3) is 213 Å². The van der Waals surface area contributed by atoms with Crippen LogP contribution in [0.5, 0.6) is 0 Å². The van der Waals surface area contributed by atoms with Gasteiger partial charge < -0.3 is 0 Å². The lowest BCUT2D eigenvalue weighted by Crippen LogP contribution is -2.00. The van der Waals surface area contributed by atoms with Crippen LogP contribution in [0, 0.1) is 34.0 Å². The number of fused-ring (bicyclic) bond motifs is 3. The van der Waals surface area contributed by atoms with E-state index in [1.165, 1.54) is 27.1 Å². The Morgan fingerprint density at radius 3 is 0.598 bits per heavy atom. The zero-order chi connectivity index (χ0) is 88.9. The third-order valence-corrected chi connectivity index (χ3v) is 23.4. The van der Waals surface area contributed by atoms with Crippen LogP contribution in [-0.2, 0) is 0 Å². The van der Waals surface area contributed by atoms with Crippen LogP contribution in [0.15, 0.2) is 461 Å². The summed E-state index contributed by atoms with van der Waals surface area (Å²) in [5.41, 5.74) is 25.9. The van der Waals surface area contributed by atoms with Crippen molar-refractivity contribution in [3.8, 4) is 199 Å². The summed E-state index contributed by atoms with van der Waals surface area (Å²) < 4.78 is 0. The second-order valence-electron chi connectivity index (χ2n) is 31.6. The average molecular weight is 1690 g/mol. The summed E-state index contributed by atoms with van der Waals surface area (Å²) in [5.74, 6) is 5.70. The van der Waals surface area contributed by atoms with E-state index in [9.17, 15) is 15.8 Å². The van der Waals surface area contributed by atoms with Crippen molar-refractivity contribution in [2.45, 2.75) is 0 Å². The predicted molar refractivity (Wildman–Crippen MR) is 533 cm³/mol. The Bertz CT molecular complexity index is 7900. The van der Waals surface area contributed by atoms with Gasteiger partial charge in [-0.3, -0.25) is 0 Å². The quantitative estimate of drug-likeness (QED) is 0.0892. The first-order chi connectivity index (χ1) is 65.3. The van der Waals surface area contributed by atoms with Crippen LogP contribution in [-0.4, -0.2) is 44.9 Å². The summed E-state index contributed by atoms with van der Waals surface area (Å²) in [6.45, 7) is 0. The third-order valence-electron chi connectivity index (χ3n) is 23.4. The average Bonchev–Trinajstić information content (AvgIpc) is 0.770. The van der Waals surface area contributed by atoms with Crippen molar-refractivity contribution in [1.29, 1.82) is 15.8 Å². The maximum atomic E-state index is 9.33. The smallest absolute Gasteiger partial charge is 0.164 e. The van der Waals surface area contributed by atoms with Gasteiger partial charge in [-0.25, -0.2) is 44.9 Å². The van der Waals surface area contributed by atoms with Gasteiger partial charge in [-0.15, -0.1) is 0 Å². The molecule has 3 heterocycles. The van der Waals surface area contributed by atoms with E-state index in [0.717, 1.165) is 133 Å². The van der Waals surface area contributed by atoms with E-state index in [4.69, 9.17) is 44.9 Å². The molecule has 22 aromatic rings. The van der Waals surface area contributed by atoms with Gasteiger partial charge in [0.2, 0.25) is 0 Å². The Labute approximate surface area is 764 Å². The molecule has 3 aromatic heterocycles. The van der Waals surface area contributed by atoms with Crippen LogP contribution in [0.2, 0.25) is 0 Å². The monoisotopic (exact) mass is 1680 g/mol. The van der Waals surface area contributed by atoms with Gasteiger partial charge in [0.25, 0.3) is 0 Å². The van der Waals surface area contributed by atoms with Crippen molar-refractivity contribution in [2.24, 2.45) is 0 Å². The van der Waals surface area contributed by atoms with Gasteiger partial charge >= 0.3 is 0 Å². The molecule has 616 valence electrons. The molecule has 12 heteroatoms. The molecule has 12 nitrogen and oxygen atoms in total. The van der Waals surface area contributed by atoms with E-state index in [2.05, 4.69) is 224 Å². The lowest BCUT2D eigenvalue weighted by atomic mass is 9.89. The van der Waals surface area contributed by atoms with Crippen molar-refractivity contribution >= 4 is 32.3 Å². The molecule has 0 aliphatic rings. The molecule has 0 bridgehead atoms. The molecule has 0 saturated carbocycles. The van der Waals surface area contributed by atoms with Crippen molar-refractivity contribution in [2.75, 3.05) is 0 Å². The lowest BCUT2D eigenvalue weighted by Gasteiger charge is -2.15. The summed E-state index contributed by atoms with van der Waals surface area (Å²) in [6, 6.07) is 162. The first kappa shape index (κ1) is 81.8. The van der Waals surface area contributed by atoms with Gasteiger partial charge in [0.1, 0.15) is 0 Å². The predicted octanol–water partition coefficient (Wildman–Crippen LogP) is 29.4. The number of hydrogen-bond acceptors (Lipinski definition) is 12. The van der Waals surface area contributed by atoms with Crippen molar-refractivity contribution in [3.05, 3.63) is 478 Å². The molecule has 0 amide bonds. The van der Waals surface area contributed by atoms with Gasteiger partial charge in [0.15, 0.2) is 52.4 Å². The van der Waals surface area contributed by atoms with E-state index in [1.807, 2.05) is 255 Å². The van der Waals surface area contributed by atoms with Crippen molar-refractivity contribution < 1.29 is 0 Å². The highest BCUT2D eigenvalue weighted by atomic mass is 15.1. The van der Waals surface area contributed by atoms with Gasteiger partial charge in [0, 0.05) is 50.1 Å². The highest BCUT2D eigenvalue weighted by molar-refractivity contribution is 6.07. The van der Waals surface area contributed by atoms with Crippen LogP contribution < -0.4 is 0 Å². The Kier molecular flexibility index (Phi) is 23.4. The molecule has 0 spiro atoms. The molecular formula is C120H76N12. The molecule has 132 heavy (non-hydrogen) atoms. The number of aromatic nitrogens is 9. The molecule has 0 saturated heterocycles. The second kappa shape index (κ2) is 37.7. The minimum atomic E-state index is 0.615. The zero-order valence-electron chi connectivity index (χ0n) is 71.2. The first-order valence-corrected chi connectivity index (χ1v) is 43.4. The number of nitrogens with zero attached hydrogens (tertiary/aromatic N) is 12. The molecule has 22 rings (SSSR count). The van der Waals surface area contributed by atoms with E-state index in [-0.39, 0.29) is 0 Å². The Hall–Kier alpha value is -18.5. The molecule has 0 aliphatic heterocycles. The van der Waals surface area contributed by atoms with Crippen LogP contribution in [0.4, 0.5) is 0 Å². The van der Waals surface area contributed by atoms with Crippen LogP contribution in [0.3, 0.4) is 0 Å². The molecule has 0 aliphatic carbocycles. The number of nitriles is 3. The highest BCUT2D eigenvalue weighted by Crippen LogP contribution is 2.44. The van der Waals surface area contributed by atoms with Gasteiger partial charge in [-0.1, -0.05) is 419 Å². The standard InChI is InChI=1S/C44H28N4.2C38H24N4/c45-29-30-15-17-31(18-16-30)32-19-21-34(22-20-32)40-28-27-33-9-7-8-14-39(33)41(40)35-23-25-38(26-24-35)44-47-42(36-10-3-1-4-11-36)46-43(48-44)37-12-5-2-6-13-37;39-25-26-18-20-28(21-19-26)34-23-22-27-10-7-8-17-33(27)35(34)31-15-9-16-32(24-31)38-41-36(29-11-3-1-4-12-29)40-37(42-38)30-13-5-2-6-14-30;39-25-26-15-17-28(18-16-26)34-24-23-27-9-7-8-14-33(27)35(34)29-19-21-32(22-20-29)38-41-36(30-10-3-1-4-11-30)40-37(42-38)31-12-5-2-6-13-31/h1-28H;2*1-24H. The zero-order valence-corrected chi connectivity index (χ0v) is 71.2. The molecule has 0 unspecified atom stereocenters. The van der Waals surface area contributed by atoms with Crippen LogP contribution in [0.1, 0.15) is 16.7 Å². The highest BCUT2D eigenvalue weighted by Gasteiger charge is 2.22. The lowest BCUT2D eigenvalue weighted by molar-refractivity contribution is 1.07. The Morgan fingerprint density at radius 1 is 0.136 bits per heavy atom. The fraction of sp³-hybridized carbons (Fsp3) is 0. The first-order valence-electron chi connectivity index (χ1n) is 43.4. The van der Waals surface area contributed by atoms with Gasteiger partial charge in [-0.05, 0) is 153 Å². The third kappa shape index (κ3) is 17.7. The normalized spacial score (nSPS) is 10.9. The maximum absolute atomic E-state index is 9.33. The summed E-state index contributed by atoms with van der Waals surface area (Å²) in [5, 5.41) is 34.8. The summed E-state index contributed by atoms with van der Waals surface area (Å²) in [4.78, 5) is 44.0. The maximum Gasteiger partial charge on any atom is 0.164 e. The van der Waals surface area contributed by atoms with E-state index >= 15 is 0 Å². The Balaban J connectivity index is 0.000000124. The minimum Gasteiger partial charge on any atom is -0.208 e. The van der Waals surface area contributed by atoms with Crippen LogP contribution >= 0.6 is 0 Å². The second-order valence-corrected chi connectivity index (χ2v) is 31.6. The molecule has 0 N–H and O–H groups in total. The Morgan fingerprint density at radius 2 is 0.326 bits per heavy atom. The summed E-state index contributed by atoms with van der Waals surface area (Å²) >= 11 is 0. The number of benzene rings is 19. The fourth-order valence-corrected chi connectivity index (χ4v) is 16.7. The fourth-order valence-electron chi connectivity index (χ4n) is 16.7. The number of rotatable bonds is 16. The van der Waals surface area contributed by atoms with Crippen molar-refractivity contribution in [3.63, 3.8) is 0 Å². The van der Waals surface area contributed by atoms with E-state index in [0.29, 0.717) is 69.1 Å². The van der Waals surface area contributed by atoms with Crippen molar-refractivity contribution in [1.82, 2.24) is 44.9 Å². The summed E-state index contributed by atoms with van der Waals surface area (Å²) in [7, 11) is 0. The largest absolute Gasteiger partial charge is 0.208 e. The number of hydrogen-bond donors (Lipinski definition) is 0. The van der Waals surface area contributed by atoms with E-state index in [1.54, 1.807) is 0 Å². The minimum absolute atomic E-state index is 0.615. The molecule has 0 fully saturated rings.